The Bertz CT molecular complexity index is 325. The van der Waals surface area contributed by atoms with Gasteiger partial charge in [-0.15, -0.1) is 0 Å². The number of rotatable bonds is 4. The molecule has 0 aliphatic carbocycles. The van der Waals surface area contributed by atoms with Crippen LogP contribution in [0.5, 0.6) is 0 Å². The van der Waals surface area contributed by atoms with Gasteiger partial charge in [-0.1, -0.05) is 20.8 Å². The van der Waals surface area contributed by atoms with Crippen LogP contribution in [0, 0.1) is 11.7 Å². The molecule has 0 amide bonds. The maximum absolute atomic E-state index is 13.0. The summed E-state index contributed by atoms with van der Waals surface area (Å²) in [4.78, 5) is 0. The van der Waals surface area contributed by atoms with E-state index in [-0.39, 0.29) is 5.82 Å². The molecule has 84 valence electrons. The quantitative estimate of drug-likeness (QED) is 0.856. The molecule has 0 heterocycles. The third-order valence-corrected chi connectivity index (χ3v) is 3.21. The minimum atomic E-state index is -0.209. The van der Waals surface area contributed by atoms with E-state index in [0.29, 0.717) is 12.0 Å². The van der Waals surface area contributed by atoms with Gasteiger partial charge in [-0.25, -0.2) is 4.39 Å². The molecule has 0 fully saturated rings. The Morgan fingerprint density at radius 3 is 2.60 bits per heavy atom. The molecule has 1 unspecified atom stereocenters. The Kier molecular flexibility index (Phi) is 4.58. The molecule has 0 spiro atoms. The largest absolute Gasteiger partial charge is 0.381 e. The zero-order chi connectivity index (χ0) is 11.4. The average Bonchev–Trinajstić information content (AvgIpc) is 2.18. The average molecular weight is 274 g/mol. The Labute approximate surface area is 99.2 Å². The van der Waals surface area contributed by atoms with Crippen molar-refractivity contribution in [2.24, 2.45) is 5.92 Å². The van der Waals surface area contributed by atoms with Crippen LogP contribution in [0.2, 0.25) is 0 Å². The Morgan fingerprint density at radius 2 is 2.07 bits per heavy atom. The van der Waals surface area contributed by atoms with Crippen LogP contribution in [-0.2, 0) is 0 Å². The predicted molar refractivity (Wildman–Crippen MR) is 66.6 cm³/mol. The first-order valence-corrected chi connectivity index (χ1v) is 6.05. The highest BCUT2D eigenvalue weighted by Gasteiger charge is 2.12. The van der Waals surface area contributed by atoms with Crippen molar-refractivity contribution in [2.45, 2.75) is 33.2 Å². The van der Waals surface area contributed by atoms with Crippen molar-refractivity contribution in [2.75, 3.05) is 5.32 Å². The van der Waals surface area contributed by atoms with E-state index in [2.05, 4.69) is 42.0 Å². The van der Waals surface area contributed by atoms with Gasteiger partial charge in [0, 0.05) is 10.5 Å². The lowest BCUT2D eigenvalue weighted by Gasteiger charge is -2.22. The van der Waals surface area contributed by atoms with E-state index < -0.39 is 0 Å². The fraction of sp³-hybridized carbons (Fsp3) is 0.500. The van der Waals surface area contributed by atoms with Crippen molar-refractivity contribution >= 4 is 21.6 Å². The summed E-state index contributed by atoms with van der Waals surface area (Å²) in [6.45, 7) is 6.45. The lowest BCUT2D eigenvalue weighted by molar-refractivity contribution is 0.510. The van der Waals surface area contributed by atoms with Gasteiger partial charge in [-0.2, -0.15) is 0 Å². The number of benzene rings is 1. The van der Waals surface area contributed by atoms with Gasteiger partial charge in [0.1, 0.15) is 5.82 Å². The van der Waals surface area contributed by atoms with Gasteiger partial charge in [-0.3, -0.25) is 0 Å². The van der Waals surface area contributed by atoms with Gasteiger partial charge in [0.15, 0.2) is 0 Å². The molecule has 1 atom stereocenters. The number of anilines is 1. The van der Waals surface area contributed by atoms with Gasteiger partial charge < -0.3 is 5.32 Å². The summed E-state index contributed by atoms with van der Waals surface area (Å²) >= 11 is 3.41. The summed E-state index contributed by atoms with van der Waals surface area (Å²) in [6, 6.07) is 5.08. The lowest BCUT2D eigenvalue weighted by Crippen LogP contribution is -2.24. The van der Waals surface area contributed by atoms with Crippen LogP contribution in [0.25, 0.3) is 0 Å². The van der Waals surface area contributed by atoms with E-state index in [1.807, 2.05) is 0 Å². The Hall–Kier alpha value is -0.570. The normalized spacial score (nSPS) is 12.9. The standard InChI is InChI=1S/C12H17BrFN/c1-4-11(8(2)3)15-12-7-9(14)5-6-10(12)13/h5-8,11,15H,4H2,1-3H3. The molecule has 0 bridgehead atoms. The molecule has 1 aromatic rings. The minimum absolute atomic E-state index is 0.209. The van der Waals surface area contributed by atoms with Crippen LogP contribution in [0.4, 0.5) is 10.1 Å². The summed E-state index contributed by atoms with van der Waals surface area (Å²) in [7, 11) is 0. The van der Waals surface area contributed by atoms with Crippen LogP contribution in [0.3, 0.4) is 0 Å². The third-order valence-electron chi connectivity index (χ3n) is 2.51. The van der Waals surface area contributed by atoms with Crippen molar-refractivity contribution < 1.29 is 4.39 Å². The molecular formula is C12H17BrFN. The van der Waals surface area contributed by atoms with Crippen LogP contribution in [-0.4, -0.2) is 6.04 Å². The molecule has 0 aromatic heterocycles. The van der Waals surface area contributed by atoms with Gasteiger partial charge in [0.05, 0.1) is 5.69 Å². The highest BCUT2D eigenvalue weighted by Crippen LogP contribution is 2.25. The first-order chi connectivity index (χ1) is 7.04. The zero-order valence-electron chi connectivity index (χ0n) is 9.35. The lowest BCUT2D eigenvalue weighted by atomic mass is 10.0. The third kappa shape index (κ3) is 3.49. The van der Waals surface area contributed by atoms with Crippen LogP contribution in [0.1, 0.15) is 27.2 Å². The van der Waals surface area contributed by atoms with E-state index in [9.17, 15) is 4.39 Å². The molecule has 0 aliphatic rings. The second-order valence-electron chi connectivity index (χ2n) is 4.03. The van der Waals surface area contributed by atoms with Crippen LogP contribution in [0.15, 0.2) is 22.7 Å². The fourth-order valence-corrected chi connectivity index (χ4v) is 1.91. The molecule has 0 radical (unpaired) electrons. The number of hydrogen-bond donors (Lipinski definition) is 1. The van der Waals surface area contributed by atoms with E-state index >= 15 is 0 Å². The van der Waals surface area contributed by atoms with Gasteiger partial charge in [-0.05, 0) is 46.5 Å². The zero-order valence-corrected chi connectivity index (χ0v) is 10.9. The summed E-state index contributed by atoms with van der Waals surface area (Å²) in [6.07, 6.45) is 1.03. The molecule has 0 saturated heterocycles. The van der Waals surface area contributed by atoms with Crippen LogP contribution >= 0.6 is 15.9 Å². The smallest absolute Gasteiger partial charge is 0.125 e. The summed E-state index contributed by atoms with van der Waals surface area (Å²) in [5, 5.41) is 3.35. The maximum atomic E-state index is 13.0. The van der Waals surface area contributed by atoms with Crippen molar-refractivity contribution in [3.05, 3.63) is 28.5 Å². The monoisotopic (exact) mass is 273 g/mol. The first kappa shape index (κ1) is 12.5. The SMILES string of the molecule is CCC(Nc1cc(F)ccc1Br)C(C)C. The molecule has 0 saturated carbocycles. The Balaban J connectivity index is 2.82. The molecule has 3 heteroatoms. The topological polar surface area (TPSA) is 12.0 Å². The minimum Gasteiger partial charge on any atom is -0.381 e. The second-order valence-corrected chi connectivity index (χ2v) is 4.88. The second kappa shape index (κ2) is 5.50. The predicted octanol–water partition coefficient (Wildman–Crippen LogP) is 4.43. The number of hydrogen-bond acceptors (Lipinski definition) is 1. The summed E-state index contributed by atoms with van der Waals surface area (Å²) < 4.78 is 13.9. The Morgan fingerprint density at radius 1 is 1.40 bits per heavy atom. The molecule has 1 aromatic carbocycles. The molecule has 1 N–H and O–H groups in total. The molecule has 1 nitrogen and oxygen atoms in total. The highest BCUT2D eigenvalue weighted by molar-refractivity contribution is 9.10. The van der Waals surface area contributed by atoms with E-state index in [1.54, 1.807) is 6.07 Å². The molecular weight excluding hydrogens is 257 g/mol. The van der Waals surface area contributed by atoms with Crippen molar-refractivity contribution in [3.8, 4) is 0 Å². The van der Waals surface area contributed by atoms with Crippen molar-refractivity contribution in [1.29, 1.82) is 0 Å². The maximum Gasteiger partial charge on any atom is 0.125 e. The fourth-order valence-electron chi connectivity index (χ4n) is 1.55. The van der Waals surface area contributed by atoms with Gasteiger partial charge >= 0.3 is 0 Å². The molecule has 1 rings (SSSR count). The van der Waals surface area contributed by atoms with Crippen molar-refractivity contribution in [3.63, 3.8) is 0 Å². The van der Waals surface area contributed by atoms with E-state index in [1.165, 1.54) is 12.1 Å². The summed E-state index contributed by atoms with van der Waals surface area (Å²) in [5.74, 6) is 0.324. The first-order valence-electron chi connectivity index (χ1n) is 5.26. The molecule has 0 aliphatic heterocycles. The van der Waals surface area contributed by atoms with Gasteiger partial charge in [0.25, 0.3) is 0 Å². The van der Waals surface area contributed by atoms with Gasteiger partial charge in [0.2, 0.25) is 0 Å². The van der Waals surface area contributed by atoms with Crippen LogP contribution < -0.4 is 5.32 Å². The number of nitrogens with one attached hydrogen (secondary N) is 1. The summed E-state index contributed by atoms with van der Waals surface area (Å²) in [5.41, 5.74) is 0.829. The van der Waals surface area contributed by atoms with E-state index in [4.69, 9.17) is 0 Å². The van der Waals surface area contributed by atoms with Crippen molar-refractivity contribution in [1.82, 2.24) is 0 Å². The highest BCUT2D eigenvalue weighted by atomic mass is 79.9. The number of halogens is 2. The van der Waals surface area contributed by atoms with E-state index in [0.717, 1.165) is 16.6 Å². The molecule has 15 heavy (non-hydrogen) atoms.